The van der Waals surface area contributed by atoms with E-state index in [1.54, 1.807) is 6.21 Å². The maximum absolute atomic E-state index is 6.16. The number of hydrogen-bond acceptors (Lipinski definition) is 1. The number of H-pyrrole nitrogens is 1. The van der Waals surface area contributed by atoms with Gasteiger partial charge in [0.15, 0.2) is 0 Å². The lowest BCUT2D eigenvalue weighted by Crippen LogP contribution is -1.85. The van der Waals surface area contributed by atoms with Gasteiger partial charge >= 0.3 is 0 Å². The smallest absolute Gasteiger partial charge is 0.103 e. The molecule has 7 heteroatoms. The Morgan fingerprint density at radius 3 is 2.14 bits per heavy atom. The van der Waals surface area contributed by atoms with Crippen molar-refractivity contribution < 1.29 is 0 Å². The molecule has 0 saturated heterocycles. The van der Waals surface area contributed by atoms with E-state index in [-0.39, 0.29) is 30.8 Å². The maximum atomic E-state index is 6.16. The van der Waals surface area contributed by atoms with E-state index in [9.17, 15) is 0 Å². The van der Waals surface area contributed by atoms with Crippen LogP contribution < -0.4 is 0 Å². The summed E-state index contributed by atoms with van der Waals surface area (Å²) < 4.78 is 0. The topological polar surface area (TPSA) is 28.1 Å². The Balaban J connectivity index is 2.12. The average Bonchev–Trinajstić information content (AvgIpc) is 3.00. The highest BCUT2D eigenvalue weighted by Gasteiger charge is 2.18. The van der Waals surface area contributed by atoms with Crippen molar-refractivity contribution in [1.29, 1.82) is 0 Å². The van der Waals surface area contributed by atoms with Gasteiger partial charge in [-0.2, -0.15) is 0 Å². The Morgan fingerprint density at radius 1 is 0.818 bits per heavy atom. The summed E-state index contributed by atoms with van der Waals surface area (Å²) >= 11 is 30.3. The zero-order valence-corrected chi connectivity index (χ0v) is 14.6. The first-order valence-electron chi connectivity index (χ1n) is 6.12. The van der Waals surface area contributed by atoms with E-state index in [0.717, 1.165) is 16.5 Å². The molecule has 2 aromatic carbocycles. The summed E-state index contributed by atoms with van der Waals surface area (Å²) in [5.41, 5.74) is 2.13. The van der Waals surface area contributed by atoms with E-state index in [1.165, 1.54) is 0 Å². The molecule has 22 heavy (non-hydrogen) atoms. The van der Waals surface area contributed by atoms with Gasteiger partial charge in [0.05, 0.1) is 30.6 Å². The number of nitrogens with one attached hydrogen (secondary N) is 1. The van der Waals surface area contributed by atoms with Crippen LogP contribution in [0.1, 0.15) is 5.56 Å². The minimum Gasteiger partial charge on any atom is -0.361 e. The number of aromatic nitrogens is 1. The zero-order valence-electron chi connectivity index (χ0n) is 10.8. The molecule has 0 amide bonds. The van der Waals surface area contributed by atoms with Crippen LogP contribution in [0, 0.1) is 0 Å². The van der Waals surface area contributed by atoms with Gasteiger partial charge in [-0.05, 0) is 6.07 Å². The molecule has 2 nitrogen and oxygen atoms in total. The fourth-order valence-electron chi connectivity index (χ4n) is 2.06. The molecule has 0 bridgehead atoms. The van der Waals surface area contributed by atoms with E-state index in [0.29, 0.717) is 0 Å². The van der Waals surface area contributed by atoms with Crippen LogP contribution in [0.15, 0.2) is 35.5 Å². The average molecular weight is 393 g/mol. The summed E-state index contributed by atoms with van der Waals surface area (Å²) in [7, 11) is 0. The monoisotopic (exact) mass is 390 g/mol. The van der Waals surface area contributed by atoms with Crippen molar-refractivity contribution in [3.63, 3.8) is 0 Å². The summed E-state index contributed by atoms with van der Waals surface area (Å²) in [5.74, 6) is 0. The van der Waals surface area contributed by atoms with Crippen LogP contribution in [-0.2, 0) is 0 Å². The molecule has 0 radical (unpaired) electrons. The molecule has 0 aliphatic carbocycles. The van der Waals surface area contributed by atoms with Gasteiger partial charge in [0.1, 0.15) is 5.69 Å². The minimum absolute atomic E-state index is 0.115. The lowest BCUT2D eigenvalue weighted by Gasteiger charge is -2.08. The molecular weight excluding hydrogens is 385 g/mol. The van der Waals surface area contributed by atoms with Gasteiger partial charge in [-0.1, -0.05) is 76.2 Å². The number of fused-ring (bicyclic) bond motifs is 1. The molecule has 0 unspecified atom stereocenters. The number of rotatable bonds is 2. The molecule has 0 spiro atoms. The van der Waals surface area contributed by atoms with E-state index >= 15 is 0 Å². The summed E-state index contributed by atoms with van der Waals surface area (Å²) in [5, 5.41) is 1.77. The highest BCUT2D eigenvalue weighted by molar-refractivity contribution is 6.56. The summed E-state index contributed by atoms with van der Waals surface area (Å²) in [4.78, 5) is 7.49. The van der Waals surface area contributed by atoms with Crippen LogP contribution in [0.4, 0.5) is 5.69 Å². The van der Waals surface area contributed by atoms with Crippen molar-refractivity contribution in [2.45, 2.75) is 0 Å². The van der Waals surface area contributed by atoms with Crippen LogP contribution in [-0.4, -0.2) is 11.2 Å². The largest absolute Gasteiger partial charge is 0.361 e. The molecule has 0 aliphatic rings. The molecule has 1 N–H and O–H groups in total. The molecule has 112 valence electrons. The van der Waals surface area contributed by atoms with E-state index in [4.69, 9.17) is 58.0 Å². The predicted octanol–water partition coefficient (Wildman–Crippen LogP) is 7.19. The second kappa shape index (κ2) is 6.31. The SMILES string of the molecule is Clc1c(Cl)c(Cl)c(N=Cc2cccc3cc[nH]c23)c(Cl)c1Cl. The molecule has 3 aromatic rings. The Bertz CT molecular complexity index is 869. The second-order valence-electron chi connectivity index (χ2n) is 4.47. The third-order valence-electron chi connectivity index (χ3n) is 3.14. The molecule has 1 heterocycles. The van der Waals surface area contributed by atoms with Gasteiger partial charge < -0.3 is 4.98 Å². The first kappa shape index (κ1) is 16.0. The van der Waals surface area contributed by atoms with Crippen LogP contribution >= 0.6 is 58.0 Å². The number of halogens is 5. The zero-order chi connectivity index (χ0) is 15.9. The normalized spacial score (nSPS) is 11.7. The first-order chi connectivity index (χ1) is 10.5. The lowest BCUT2D eigenvalue weighted by atomic mass is 10.1. The van der Waals surface area contributed by atoms with Gasteiger partial charge in [0, 0.05) is 23.4 Å². The first-order valence-corrected chi connectivity index (χ1v) is 8.01. The molecule has 0 atom stereocenters. The predicted molar refractivity (Wildman–Crippen MR) is 97.0 cm³/mol. The van der Waals surface area contributed by atoms with Crippen LogP contribution in [0.25, 0.3) is 10.9 Å². The van der Waals surface area contributed by atoms with Crippen molar-refractivity contribution in [3.05, 3.63) is 61.1 Å². The summed E-state index contributed by atoms with van der Waals surface area (Å²) in [6.07, 6.45) is 3.50. The van der Waals surface area contributed by atoms with Crippen LogP contribution in [0.2, 0.25) is 25.1 Å². The van der Waals surface area contributed by atoms with Crippen LogP contribution in [0.3, 0.4) is 0 Å². The second-order valence-corrected chi connectivity index (χ2v) is 6.36. The Labute approximate surface area is 151 Å². The Morgan fingerprint density at radius 2 is 1.45 bits per heavy atom. The summed E-state index contributed by atoms with van der Waals surface area (Å²) in [6, 6.07) is 7.83. The lowest BCUT2D eigenvalue weighted by molar-refractivity contribution is 1.46. The fourth-order valence-corrected chi connectivity index (χ4v) is 3.28. The number of para-hydroxylation sites is 1. The third kappa shape index (κ3) is 2.70. The summed E-state index contributed by atoms with van der Waals surface area (Å²) in [6.45, 7) is 0. The highest BCUT2D eigenvalue weighted by Crippen LogP contribution is 2.48. The third-order valence-corrected chi connectivity index (χ3v) is 5.40. The van der Waals surface area contributed by atoms with E-state index in [1.807, 2.05) is 30.5 Å². The standard InChI is InChI=1S/C15H7Cl5N2/c16-9-10(17)12(19)15(13(20)11(9)18)22-6-8-3-1-2-7-4-5-21-14(7)8/h1-6,21H. The highest BCUT2D eigenvalue weighted by atomic mass is 35.5. The number of hydrogen-bond donors (Lipinski definition) is 1. The van der Waals surface area contributed by atoms with Gasteiger partial charge in [0.2, 0.25) is 0 Å². The number of benzene rings is 2. The molecule has 0 fully saturated rings. The molecular formula is C15H7Cl5N2. The quantitative estimate of drug-likeness (QED) is 0.272. The molecule has 3 rings (SSSR count). The molecule has 0 aliphatic heterocycles. The van der Waals surface area contributed by atoms with Crippen molar-refractivity contribution >= 4 is 80.8 Å². The molecule has 0 saturated carbocycles. The fraction of sp³-hybridized carbons (Fsp3) is 0. The number of nitrogens with zero attached hydrogens (tertiary/aromatic N) is 1. The maximum Gasteiger partial charge on any atom is 0.103 e. The number of aromatic amines is 1. The van der Waals surface area contributed by atoms with Gasteiger partial charge in [0.25, 0.3) is 0 Å². The minimum atomic E-state index is 0.115. The Kier molecular flexibility index (Phi) is 4.58. The van der Waals surface area contributed by atoms with Crippen molar-refractivity contribution in [1.82, 2.24) is 4.98 Å². The number of aliphatic imine (C=N–C) groups is 1. The van der Waals surface area contributed by atoms with Crippen molar-refractivity contribution in [2.75, 3.05) is 0 Å². The van der Waals surface area contributed by atoms with Crippen molar-refractivity contribution in [3.8, 4) is 0 Å². The molecule has 1 aromatic heterocycles. The van der Waals surface area contributed by atoms with E-state index in [2.05, 4.69) is 9.98 Å². The Hall–Kier alpha value is -0.900. The van der Waals surface area contributed by atoms with Gasteiger partial charge in [-0.25, -0.2) is 0 Å². The van der Waals surface area contributed by atoms with Gasteiger partial charge in [-0.15, -0.1) is 0 Å². The van der Waals surface area contributed by atoms with Crippen molar-refractivity contribution in [2.24, 2.45) is 4.99 Å². The van der Waals surface area contributed by atoms with E-state index < -0.39 is 0 Å². The van der Waals surface area contributed by atoms with Gasteiger partial charge in [-0.3, -0.25) is 4.99 Å². The van der Waals surface area contributed by atoms with Crippen LogP contribution in [0.5, 0.6) is 0 Å².